The van der Waals surface area contributed by atoms with Crippen molar-refractivity contribution in [3.63, 3.8) is 0 Å². The number of fused-ring (bicyclic) bond motifs is 2. The average molecular weight is 478 g/mol. The number of ether oxygens (including phenoxy) is 2. The number of allylic oxidation sites excluding steroid dienone is 1. The van der Waals surface area contributed by atoms with Gasteiger partial charge in [0.25, 0.3) is 5.56 Å². The van der Waals surface area contributed by atoms with Gasteiger partial charge in [0.2, 0.25) is 5.91 Å². The molecule has 5 rings (SSSR count). The molecule has 0 saturated heterocycles. The third kappa shape index (κ3) is 4.30. The number of rotatable bonds is 7. The number of nitrogens with zero attached hydrogens (tertiary/aromatic N) is 2. The molecule has 1 aliphatic carbocycles. The minimum atomic E-state index is -0.426. The Balaban J connectivity index is 1.36. The van der Waals surface area contributed by atoms with E-state index < -0.39 is 5.54 Å². The highest BCUT2D eigenvalue weighted by molar-refractivity contribution is 7.99. The van der Waals surface area contributed by atoms with E-state index in [4.69, 9.17) is 9.47 Å². The molecule has 1 amide bonds. The van der Waals surface area contributed by atoms with E-state index in [-0.39, 0.29) is 17.2 Å². The summed E-state index contributed by atoms with van der Waals surface area (Å²) in [5, 5.41) is 4.37. The fourth-order valence-corrected chi connectivity index (χ4v) is 5.59. The van der Waals surface area contributed by atoms with Crippen LogP contribution in [0.25, 0.3) is 10.9 Å². The summed E-state index contributed by atoms with van der Waals surface area (Å²) in [4.78, 5) is 30.7. The van der Waals surface area contributed by atoms with Gasteiger partial charge in [0.15, 0.2) is 16.7 Å². The van der Waals surface area contributed by atoms with E-state index >= 15 is 0 Å². The lowest BCUT2D eigenvalue weighted by atomic mass is 9.87. The SMILES string of the molecule is C=CCn1c(SCC(=O)NC2(c3ccc4c(c3)OCCO4)CCCC2)nc2ccccc2c1=O. The Bertz CT molecular complexity index is 1300. The lowest BCUT2D eigenvalue weighted by Crippen LogP contribution is -2.44. The Labute approximate surface area is 202 Å². The molecule has 34 heavy (non-hydrogen) atoms. The van der Waals surface area contributed by atoms with Gasteiger partial charge in [-0.1, -0.05) is 48.9 Å². The predicted octanol–water partition coefficient (Wildman–Crippen LogP) is 4.03. The Morgan fingerprint density at radius 3 is 2.71 bits per heavy atom. The minimum Gasteiger partial charge on any atom is -0.486 e. The first-order chi connectivity index (χ1) is 16.6. The van der Waals surface area contributed by atoms with Gasteiger partial charge >= 0.3 is 0 Å². The zero-order valence-electron chi connectivity index (χ0n) is 18.9. The van der Waals surface area contributed by atoms with Gasteiger partial charge in [0.1, 0.15) is 13.2 Å². The van der Waals surface area contributed by atoms with E-state index in [9.17, 15) is 9.59 Å². The molecule has 7 nitrogen and oxygen atoms in total. The van der Waals surface area contributed by atoms with Crippen molar-refractivity contribution in [1.82, 2.24) is 14.9 Å². The van der Waals surface area contributed by atoms with Crippen molar-refractivity contribution < 1.29 is 14.3 Å². The summed E-state index contributed by atoms with van der Waals surface area (Å²) in [6.07, 6.45) is 5.51. The van der Waals surface area contributed by atoms with Crippen LogP contribution in [0, 0.1) is 0 Å². The summed E-state index contributed by atoms with van der Waals surface area (Å²) < 4.78 is 13.0. The fourth-order valence-electron chi connectivity index (χ4n) is 4.79. The van der Waals surface area contributed by atoms with Crippen LogP contribution in [0.15, 0.2) is 65.1 Å². The van der Waals surface area contributed by atoms with Gasteiger partial charge in [-0.25, -0.2) is 4.98 Å². The molecule has 2 aliphatic rings. The highest BCUT2D eigenvalue weighted by atomic mass is 32.2. The second kappa shape index (κ2) is 9.54. The number of para-hydroxylation sites is 1. The maximum absolute atomic E-state index is 13.1. The lowest BCUT2D eigenvalue weighted by molar-refractivity contribution is -0.120. The Hall–Kier alpha value is -3.26. The molecule has 0 bridgehead atoms. The van der Waals surface area contributed by atoms with Crippen LogP contribution >= 0.6 is 11.8 Å². The summed E-state index contributed by atoms with van der Waals surface area (Å²) in [5.74, 6) is 1.54. The van der Waals surface area contributed by atoms with Crippen LogP contribution in [-0.4, -0.2) is 34.4 Å². The zero-order chi connectivity index (χ0) is 23.5. The summed E-state index contributed by atoms with van der Waals surface area (Å²) in [5.41, 5.74) is 1.11. The largest absolute Gasteiger partial charge is 0.486 e. The molecule has 0 spiro atoms. The molecule has 1 N–H and O–H groups in total. The molecular formula is C26H27N3O4S. The molecule has 1 fully saturated rings. The number of hydrogen-bond donors (Lipinski definition) is 1. The quantitative estimate of drug-likeness (QED) is 0.314. The average Bonchev–Trinajstić information content (AvgIpc) is 3.34. The number of thioether (sulfide) groups is 1. The molecule has 3 aromatic rings. The standard InChI is InChI=1S/C26H27N3O4S/c1-2-13-29-24(31)19-7-3-4-8-20(19)27-25(29)34-17-23(30)28-26(11-5-6-12-26)18-9-10-21-22(16-18)33-15-14-32-21/h2-4,7-10,16H,1,5-6,11-15,17H2,(H,28,30). The van der Waals surface area contributed by atoms with Crippen molar-refractivity contribution in [2.45, 2.75) is 42.9 Å². The normalized spacial score (nSPS) is 16.4. The number of hydrogen-bond acceptors (Lipinski definition) is 6. The highest BCUT2D eigenvalue weighted by Gasteiger charge is 2.38. The fraction of sp³-hybridized carbons (Fsp3) is 0.346. The number of aromatic nitrogens is 2. The zero-order valence-corrected chi connectivity index (χ0v) is 19.7. The van der Waals surface area contributed by atoms with Gasteiger partial charge in [0.05, 0.1) is 22.2 Å². The van der Waals surface area contributed by atoms with E-state index in [0.29, 0.717) is 35.8 Å². The van der Waals surface area contributed by atoms with Crippen LogP contribution < -0.4 is 20.3 Å². The van der Waals surface area contributed by atoms with E-state index in [0.717, 1.165) is 42.7 Å². The third-order valence-corrected chi connectivity index (χ3v) is 7.38. The van der Waals surface area contributed by atoms with Crippen molar-refractivity contribution in [2.24, 2.45) is 0 Å². The first kappa shape index (κ1) is 22.5. The van der Waals surface area contributed by atoms with Crippen LogP contribution in [-0.2, 0) is 16.9 Å². The Morgan fingerprint density at radius 2 is 1.91 bits per heavy atom. The van der Waals surface area contributed by atoms with Gasteiger partial charge in [-0.15, -0.1) is 6.58 Å². The molecule has 0 radical (unpaired) electrons. The second-order valence-corrected chi connectivity index (χ2v) is 9.54. The highest BCUT2D eigenvalue weighted by Crippen LogP contribution is 2.42. The van der Waals surface area contributed by atoms with Crippen LogP contribution in [0.5, 0.6) is 11.5 Å². The summed E-state index contributed by atoms with van der Waals surface area (Å²) in [6, 6.07) is 13.2. The first-order valence-corrected chi connectivity index (χ1v) is 12.5. The number of carbonyl (C=O) groups is 1. The van der Waals surface area contributed by atoms with Gasteiger partial charge in [-0.2, -0.15) is 0 Å². The summed E-state index contributed by atoms with van der Waals surface area (Å²) in [7, 11) is 0. The molecule has 0 unspecified atom stereocenters. The molecule has 2 heterocycles. The molecule has 2 aromatic carbocycles. The van der Waals surface area contributed by atoms with Crippen molar-refractivity contribution in [3.8, 4) is 11.5 Å². The predicted molar refractivity (Wildman–Crippen MR) is 133 cm³/mol. The monoisotopic (exact) mass is 477 g/mol. The Morgan fingerprint density at radius 1 is 1.15 bits per heavy atom. The molecular weight excluding hydrogens is 450 g/mol. The van der Waals surface area contributed by atoms with Gasteiger partial charge < -0.3 is 14.8 Å². The number of amides is 1. The van der Waals surface area contributed by atoms with Crippen LogP contribution in [0.3, 0.4) is 0 Å². The number of carbonyl (C=O) groups excluding carboxylic acids is 1. The number of benzene rings is 2. The molecule has 1 aromatic heterocycles. The lowest BCUT2D eigenvalue weighted by Gasteiger charge is -2.32. The summed E-state index contributed by atoms with van der Waals surface area (Å²) >= 11 is 1.27. The van der Waals surface area contributed by atoms with Crippen molar-refractivity contribution in [3.05, 3.63) is 71.0 Å². The molecule has 0 atom stereocenters. The van der Waals surface area contributed by atoms with Crippen molar-refractivity contribution >= 4 is 28.6 Å². The molecule has 1 saturated carbocycles. The van der Waals surface area contributed by atoms with Crippen molar-refractivity contribution in [1.29, 1.82) is 0 Å². The topological polar surface area (TPSA) is 82.5 Å². The number of nitrogens with one attached hydrogen (secondary N) is 1. The minimum absolute atomic E-state index is 0.0886. The molecule has 176 valence electrons. The van der Waals surface area contributed by atoms with Crippen molar-refractivity contribution in [2.75, 3.05) is 19.0 Å². The molecule has 1 aliphatic heterocycles. The molecule has 8 heteroatoms. The third-order valence-electron chi connectivity index (χ3n) is 6.40. The van der Waals surface area contributed by atoms with Crippen LogP contribution in [0.4, 0.5) is 0 Å². The second-order valence-electron chi connectivity index (χ2n) is 8.60. The van der Waals surface area contributed by atoms with E-state index in [2.05, 4.69) is 16.9 Å². The van der Waals surface area contributed by atoms with Crippen LogP contribution in [0.1, 0.15) is 31.2 Å². The summed E-state index contributed by atoms with van der Waals surface area (Å²) in [6.45, 7) is 5.17. The maximum Gasteiger partial charge on any atom is 0.262 e. The van der Waals surface area contributed by atoms with Gasteiger partial charge in [0, 0.05) is 6.54 Å². The van der Waals surface area contributed by atoms with Crippen LogP contribution in [0.2, 0.25) is 0 Å². The van der Waals surface area contributed by atoms with E-state index in [1.807, 2.05) is 36.4 Å². The first-order valence-electron chi connectivity index (χ1n) is 11.5. The smallest absolute Gasteiger partial charge is 0.262 e. The van der Waals surface area contributed by atoms with E-state index in [1.165, 1.54) is 11.8 Å². The maximum atomic E-state index is 13.1. The Kier molecular flexibility index (Phi) is 6.32. The van der Waals surface area contributed by atoms with Gasteiger partial charge in [-0.05, 0) is 42.7 Å². The van der Waals surface area contributed by atoms with E-state index in [1.54, 1.807) is 16.7 Å². The van der Waals surface area contributed by atoms with Gasteiger partial charge in [-0.3, -0.25) is 14.2 Å².